The van der Waals surface area contributed by atoms with Crippen LogP contribution in [0.2, 0.25) is 5.02 Å². The molecule has 0 aromatic heterocycles. The normalized spacial score (nSPS) is 10.2. The van der Waals surface area contributed by atoms with Crippen LogP contribution in [0.5, 0.6) is 11.5 Å². The fraction of sp³-hybridized carbons (Fsp3) is 0.417. The average Bonchev–Trinajstić information content (AvgIpc) is 2.37. The van der Waals surface area contributed by atoms with Gasteiger partial charge in [-0.2, -0.15) is 0 Å². The summed E-state index contributed by atoms with van der Waals surface area (Å²) in [6.45, 7) is 0.938. The van der Waals surface area contributed by atoms with Crippen LogP contribution in [0, 0.1) is 0 Å². The van der Waals surface area contributed by atoms with E-state index in [-0.39, 0.29) is 11.7 Å². The Kier molecular flexibility index (Phi) is 5.74. The molecule has 100 valence electrons. The van der Waals surface area contributed by atoms with Gasteiger partial charge in [0.15, 0.2) is 11.5 Å². The molecule has 0 aliphatic carbocycles. The first-order valence-corrected chi connectivity index (χ1v) is 5.93. The number of amides is 1. The summed E-state index contributed by atoms with van der Waals surface area (Å²) in [6.07, 6.45) is 0.384. The number of nitrogens with one attached hydrogen (secondary N) is 2. The Morgan fingerprint density at radius 3 is 2.83 bits per heavy atom. The number of aromatic hydroxyl groups is 1. The molecule has 1 rings (SSSR count). The third-order valence-electron chi connectivity index (χ3n) is 2.46. The fourth-order valence-corrected chi connectivity index (χ4v) is 1.70. The molecule has 3 N–H and O–H groups in total. The largest absolute Gasteiger partial charge is 0.504 e. The lowest BCUT2D eigenvalue weighted by Crippen LogP contribution is -2.24. The molecule has 0 atom stereocenters. The molecule has 5 nitrogen and oxygen atoms in total. The van der Waals surface area contributed by atoms with Crippen LogP contribution in [0.4, 0.5) is 0 Å². The molecule has 1 aromatic rings. The molecule has 1 amide bonds. The lowest BCUT2D eigenvalue weighted by Gasteiger charge is -2.10. The van der Waals surface area contributed by atoms with Crippen LogP contribution >= 0.6 is 11.6 Å². The van der Waals surface area contributed by atoms with Gasteiger partial charge in [-0.1, -0.05) is 11.6 Å². The van der Waals surface area contributed by atoms with Gasteiger partial charge in [0, 0.05) is 43.2 Å². The van der Waals surface area contributed by atoms with Crippen LogP contribution in [-0.4, -0.2) is 31.7 Å². The van der Waals surface area contributed by atoms with Crippen molar-refractivity contribution in [3.63, 3.8) is 0 Å². The van der Waals surface area contributed by atoms with E-state index in [1.54, 1.807) is 19.2 Å². The summed E-state index contributed by atoms with van der Waals surface area (Å²) >= 11 is 5.90. The zero-order chi connectivity index (χ0) is 13.5. The summed E-state index contributed by atoms with van der Waals surface area (Å²) in [4.78, 5) is 11.0. The third kappa shape index (κ3) is 4.09. The second-order valence-electron chi connectivity index (χ2n) is 3.72. The van der Waals surface area contributed by atoms with Crippen molar-refractivity contribution in [3.8, 4) is 11.5 Å². The van der Waals surface area contributed by atoms with Crippen molar-refractivity contribution in [1.82, 2.24) is 10.6 Å². The summed E-state index contributed by atoms with van der Waals surface area (Å²) in [6, 6.07) is 3.21. The number of ether oxygens (including phenoxy) is 1. The molecular weight excluding hydrogens is 256 g/mol. The standard InChI is InChI=1S/C12H17ClN2O3/c1-14-11(16)3-4-15-7-8-5-9(13)6-10(18-2)12(8)17/h5-6,15,17H,3-4,7H2,1-2H3,(H,14,16). The van der Waals surface area contributed by atoms with Crippen molar-refractivity contribution in [3.05, 3.63) is 22.7 Å². The Labute approximate surface area is 111 Å². The first-order valence-electron chi connectivity index (χ1n) is 5.55. The first-order chi connectivity index (χ1) is 8.58. The molecule has 0 bridgehead atoms. The smallest absolute Gasteiger partial charge is 0.221 e. The molecule has 0 radical (unpaired) electrons. The zero-order valence-electron chi connectivity index (χ0n) is 10.4. The molecule has 0 spiro atoms. The van der Waals surface area contributed by atoms with E-state index in [0.29, 0.717) is 35.8 Å². The van der Waals surface area contributed by atoms with Crippen LogP contribution in [0.15, 0.2) is 12.1 Å². The highest BCUT2D eigenvalue weighted by atomic mass is 35.5. The minimum Gasteiger partial charge on any atom is -0.504 e. The van der Waals surface area contributed by atoms with Crippen LogP contribution in [0.3, 0.4) is 0 Å². The van der Waals surface area contributed by atoms with Crippen molar-refractivity contribution >= 4 is 17.5 Å². The minimum absolute atomic E-state index is 0.0320. The van der Waals surface area contributed by atoms with E-state index in [0.717, 1.165) is 0 Å². The maximum atomic E-state index is 11.0. The molecule has 0 aliphatic rings. The Hall–Kier alpha value is -1.46. The molecule has 0 unspecified atom stereocenters. The summed E-state index contributed by atoms with van der Waals surface area (Å²) < 4.78 is 5.00. The highest BCUT2D eigenvalue weighted by Crippen LogP contribution is 2.33. The number of phenols is 1. The van der Waals surface area contributed by atoms with Crippen molar-refractivity contribution in [2.45, 2.75) is 13.0 Å². The van der Waals surface area contributed by atoms with E-state index >= 15 is 0 Å². The van der Waals surface area contributed by atoms with E-state index in [2.05, 4.69) is 10.6 Å². The molecule has 0 saturated heterocycles. The van der Waals surface area contributed by atoms with Gasteiger partial charge in [-0.25, -0.2) is 0 Å². The maximum absolute atomic E-state index is 11.0. The summed E-state index contributed by atoms with van der Waals surface area (Å²) in [5.74, 6) is 0.371. The average molecular weight is 273 g/mol. The van der Waals surface area contributed by atoms with Crippen molar-refractivity contribution in [2.75, 3.05) is 20.7 Å². The van der Waals surface area contributed by atoms with E-state index in [9.17, 15) is 9.90 Å². The SMILES string of the molecule is CNC(=O)CCNCc1cc(Cl)cc(OC)c1O. The van der Waals surface area contributed by atoms with Gasteiger partial charge in [-0.15, -0.1) is 0 Å². The van der Waals surface area contributed by atoms with E-state index < -0.39 is 0 Å². The zero-order valence-corrected chi connectivity index (χ0v) is 11.2. The Bertz CT molecular complexity index is 424. The predicted octanol–water partition coefficient (Wildman–Crippen LogP) is 1.28. The van der Waals surface area contributed by atoms with Gasteiger partial charge < -0.3 is 20.5 Å². The number of carbonyl (C=O) groups excluding carboxylic acids is 1. The monoisotopic (exact) mass is 272 g/mol. The number of methoxy groups -OCH3 is 1. The Morgan fingerprint density at radius 2 is 2.22 bits per heavy atom. The lowest BCUT2D eigenvalue weighted by molar-refractivity contribution is -0.120. The molecule has 0 heterocycles. The van der Waals surface area contributed by atoms with E-state index in [4.69, 9.17) is 16.3 Å². The fourth-order valence-electron chi connectivity index (χ4n) is 1.47. The minimum atomic E-state index is -0.0320. The van der Waals surface area contributed by atoms with Gasteiger partial charge in [-0.05, 0) is 6.07 Å². The highest BCUT2D eigenvalue weighted by molar-refractivity contribution is 6.30. The van der Waals surface area contributed by atoms with Gasteiger partial charge >= 0.3 is 0 Å². The van der Waals surface area contributed by atoms with Crippen LogP contribution < -0.4 is 15.4 Å². The summed E-state index contributed by atoms with van der Waals surface area (Å²) in [5.41, 5.74) is 0.635. The third-order valence-corrected chi connectivity index (χ3v) is 2.68. The van der Waals surface area contributed by atoms with Gasteiger partial charge in [0.1, 0.15) is 0 Å². The number of hydrogen-bond donors (Lipinski definition) is 3. The molecule has 6 heteroatoms. The lowest BCUT2D eigenvalue weighted by atomic mass is 10.2. The molecule has 0 saturated carbocycles. The molecule has 0 fully saturated rings. The second-order valence-corrected chi connectivity index (χ2v) is 4.15. The molecule has 1 aromatic carbocycles. The van der Waals surface area contributed by atoms with Gasteiger partial charge in [0.05, 0.1) is 7.11 Å². The maximum Gasteiger partial charge on any atom is 0.221 e. The first kappa shape index (κ1) is 14.6. The molecule has 0 aliphatic heterocycles. The summed E-state index contributed by atoms with van der Waals surface area (Å²) in [7, 11) is 3.06. The quantitative estimate of drug-likeness (QED) is 0.683. The van der Waals surface area contributed by atoms with E-state index in [1.165, 1.54) is 7.11 Å². The highest BCUT2D eigenvalue weighted by Gasteiger charge is 2.09. The van der Waals surface area contributed by atoms with Gasteiger partial charge in [-0.3, -0.25) is 4.79 Å². The topological polar surface area (TPSA) is 70.6 Å². The van der Waals surface area contributed by atoms with Gasteiger partial charge in [0.25, 0.3) is 0 Å². The Morgan fingerprint density at radius 1 is 1.50 bits per heavy atom. The van der Waals surface area contributed by atoms with Crippen LogP contribution in [0.25, 0.3) is 0 Å². The van der Waals surface area contributed by atoms with Gasteiger partial charge in [0.2, 0.25) is 5.91 Å². The Balaban J connectivity index is 2.56. The number of phenolic OH excluding ortho intramolecular Hbond substituents is 1. The predicted molar refractivity (Wildman–Crippen MR) is 70.1 cm³/mol. The number of carbonyl (C=O) groups is 1. The summed E-state index contributed by atoms with van der Waals surface area (Å²) in [5, 5.41) is 15.9. The van der Waals surface area contributed by atoms with Crippen molar-refractivity contribution in [2.24, 2.45) is 0 Å². The molecule has 18 heavy (non-hydrogen) atoms. The number of hydrogen-bond acceptors (Lipinski definition) is 4. The second kappa shape index (κ2) is 7.08. The van der Waals surface area contributed by atoms with Crippen LogP contribution in [-0.2, 0) is 11.3 Å². The van der Waals surface area contributed by atoms with Crippen molar-refractivity contribution in [1.29, 1.82) is 0 Å². The number of halogens is 1. The van der Waals surface area contributed by atoms with Crippen molar-refractivity contribution < 1.29 is 14.6 Å². The van der Waals surface area contributed by atoms with E-state index in [1.807, 2.05) is 0 Å². The number of benzene rings is 1. The number of rotatable bonds is 6. The van der Waals surface area contributed by atoms with Crippen LogP contribution in [0.1, 0.15) is 12.0 Å². The molecular formula is C12H17ClN2O3.